The van der Waals surface area contributed by atoms with Crippen LogP contribution in [-0.4, -0.2) is 14.2 Å². The average Bonchev–Trinajstić information content (AvgIpc) is 2.45. The van der Waals surface area contributed by atoms with Gasteiger partial charge in [-0.1, -0.05) is 12.1 Å². The molecule has 0 N–H and O–H groups in total. The Kier molecular flexibility index (Phi) is 6.51. The Morgan fingerprint density at radius 2 is 1.65 bits per heavy atom. The fourth-order valence-electron chi connectivity index (χ4n) is 1.86. The molecule has 0 atom stereocenters. The number of pyridine rings is 1. The van der Waals surface area contributed by atoms with Crippen LogP contribution in [0.4, 0.5) is 0 Å². The molecule has 0 fully saturated rings. The Balaban J connectivity index is 0.00000200. The highest BCUT2D eigenvalue weighted by atomic mass is 127. The molecule has 1 aromatic heterocycles. The Morgan fingerprint density at radius 3 is 2.30 bits per heavy atom. The molecule has 20 heavy (non-hydrogen) atoms. The first-order chi connectivity index (χ1) is 9.22. The zero-order valence-electron chi connectivity index (χ0n) is 11.8. The smallest absolute Gasteiger partial charge is 0.175 e. The highest BCUT2D eigenvalue weighted by molar-refractivity contribution is 5.70. The quantitative estimate of drug-likeness (QED) is 0.535. The first-order valence-electron chi connectivity index (χ1n) is 6.08. The molecule has 106 valence electrons. The molecule has 1 heterocycles. The maximum Gasteiger partial charge on any atom is 0.175 e. The SMILES string of the molecule is COc1ccc(/C=C/c2ccc[n+](C)c2)cc1OC.[I-]. The summed E-state index contributed by atoms with van der Waals surface area (Å²) >= 11 is 0. The largest absolute Gasteiger partial charge is 1.00 e. The van der Waals surface area contributed by atoms with Gasteiger partial charge in [-0.2, -0.15) is 0 Å². The monoisotopic (exact) mass is 383 g/mol. The van der Waals surface area contributed by atoms with Gasteiger partial charge in [0, 0.05) is 11.6 Å². The minimum Gasteiger partial charge on any atom is -1.00 e. The van der Waals surface area contributed by atoms with Crippen molar-refractivity contribution in [1.82, 2.24) is 0 Å². The maximum absolute atomic E-state index is 5.29. The summed E-state index contributed by atoms with van der Waals surface area (Å²) in [6.45, 7) is 0. The van der Waals surface area contributed by atoms with Crippen LogP contribution in [0.2, 0.25) is 0 Å². The molecule has 0 radical (unpaired) electrons. The Morgan fingerprint density at radius 1 is 0.950 bits per heavy atom. The van der Waals surface area contributed by atoms with Crippen molar-refractivity contribution in [1.29, 1.82) is 0 Å². The van der Waals surface area contributed by atoms with Crippen molar-refractivity contribution in [3.63, 3.8) is 0 Å². The molecule has 2 aromatic rings. The Labute approximate surface area is 136 Å². The van der Waals surface area contributed by atoms with Gasteiger partial charge in [0.15, 0.2) is 23.9 Å². The summed E-state index contributed by atoms with van der Waals surface area (Å²) < 4.78 is 12.5. The van der Waals surface area contributed by atoms with Crippen LogP contribution in [0.3, 0.4) is 0 Å². The van der Waals surface area contributed by atoms with E-state index in [0.717, 1.165) is 22.6 Å². The summed E-state index contributed by atoms with van der Waals surface area (Å²) in [7, 11) is 5.29. The van der Waals surface area contributed by atoms with Gasteiger partial charge in [0.05, 0.1) is 14.2 Å². The second kappa shape index (κ2) is 7.89. The Hall–Kier alpha value is -1.56. The predicted octanol–water partition coefficient (Wildman–Crippen LogP) is -0.297. The highest BCUT2D eigenvalue weighted by Gasteiger charge is 2.02. The summed E-state index contributed by atoms with van der Waals surface area (Å²) in [6, 6.07) is 9.95. The first kappa shape index (κ1) is 16.5. The van der Waals surface area contributed by atoms with Crippen molar-refractivity contribution >= 4 is 12.2 Å². The van der Waals surface area contributed by atoms with Gasteiger partial charge in [-0.15, -0.1) is 0 Å². The lowest BCUT2D eigenvalue weighted by atomic mass is 10.1. The van der Waals surface area contributed by atoms with Gasteiger partial charge in [0.1, 0.15) is 7.05 Å². The number of rotatable bonds is 4. The minimum atomic E-state index is 0. The van der Waals surface area contributed by atoms with Crippen LogP contribution in [0, 0.1) is 0 Å². The molecule has 2 rings (SSSR count). The van der Waals surface area contributed by atoms with Crippen LogP contribution >= 0.6 is 0 Å². The third kappa shape index (κ3) is 4.23. The second-order valence-corrected chi connectivity index (χ2v) is 4.25. The van der Waals surface area contributed by atoms with E-state index in [0.29, 0.717) is 0 Å². The van der Waals surface area contributed by atoms with Crippen LogP contribution in [0.25, 0.3) is 12.2 Å². The van der Waals surface area contributed by atoms with E-state index < -0.39 is 0 Å². The minimum absolute atomic E-state index is 0. The van der Waals surface area contributed by atoms with Crippen molar-refractivity contribution in [3.05, 3.63) is 53.9 Å². The zero-order chi connectivity index (χ0) is 13.7. The molecule has 3 nitrogen and oxygen atoms in total. The van der Waals surface area contributed by atoms with Crippen molar-refractivity contribution in [2.75, 3.05) is 14.2 Å². The molecular formula is C16H18INO2. The fraction of sp³-hybridized carbons (Fsp3) is 0.188. The lowest BCUT2D eigenvalue weighted by molar-refractivity contribution is -0.671. The molecule has 0 unspecified atom stereocenters. The van der Waals surface area contributed by atoms with Crippen LogP contribution in [-0.2, 0) is 7.05 Å². The van der Waals surface area contributed by atoms with Gasteiger partial charge in [-0.05, 0) is 29.8 Å². The summed E-state index contributed by atoms with van der Waals surface area (Å²) in [6.07, 6.45) is 8.20. The molecule has 0 aliphatic rings. The van der Waals surface area contributed by atoms with Gasteiger partial charge in [0.25, 0.3) is 0 Å². The number of hydrogen-bond donors (Lipinski definition) is 0. The number of hydrogen-bond acceptors (Lipinski definition) is 2. The van der Waals surface area contributed by atoms with E-state index in [9.17, 15) is 0 Å². The van der Waals surface area contributed by atoms with Crippen LogP contribution < -0.4 is 38.0 Å². The van der Waals surface area contributed by atoms with E-state index in [-0.39, 0.29) is 24.0 Å². The highest BCUT2D eigenvalue weighted by Crippen LogP contribution is 2.28. The number of aryl methyl sites for hydroxylation is 1. The lowest BCUT2D eigenvalue weighted by Gasteiger charge is -2.07. The summed E-state index contributed by atoms with van der Waals surface area (Å²) in [4.78, 5) is 0. The van der Waals surface area contributed by atoms with Gasteiger partial charge in [-0.3, -0.25) is 0 Å². The van der Waals surface area contributed by atoms with E-state index in [1.165, 1.54) is 0 Å². The van der Waals surface area contributed by atoms with Crippen LogP contribution in [0.5, 0.6) is 11.5 Å². The van der Waals surface area contributed by atoms with E-state index in [1.54, 1.807) is 14.2 Å². The number of ether oxygens (including phenoxy) is 2. The molecular weight excluding hydrogens is 365 g/mol. The first-order valence-corrected chi connectivity index (χ1v) is 6.08. The van der Waals surface area contributed by atoms with Gasteiger partial charge in [-0.25, -0.2) is 4.57 Å². The summed E-state index contributed by atoms with van der Waals surface area (Å²) in [5.41, 5.74) is 2.23. The van der Waals surface area contributed by atoms with E-state index in [2.05, 4.69) is 24.4 Å². The molecule has 1 aromatic carbocycles. The summed E-state index contributed by atoms with van der Waals surface area (Å²) in [5, 5.41) is 0. The normalized spacial score (nSPS) is 10.2. The van der Waals surface area contributed by atoms with E-state index >= 15 is 0 Å². The van der Waals surface area contributed by atoms with Crippen LogP contribution in [0.1, 0.15) is 11.1 Å². The van der Waals surface area contributed by atoms with Crippen molar-refractivity contribution in [3.8, 4) is 11.5 Å². The molecule has 0 spiro atoms. The molecule has 0 amide bonds. The van der Waals surface area contributed by atoms with Gasteiger partial charge in [0.2, 0.25) is 0 Å². The molecule has 0 saturated carbocycles. The average molecular weight is 383 g/mol. The second-order valence-electron chi connectivity index (χ2n) is 4.25. The fourth-order valence-corrected chi connectivity index (χ4v) is 1.86. The lowest BCUT2D eigenvalue weighted by Crippen LogP contribution is -3.00. The van der Waals surface area contributed by atoms with Crippen molar-refractivity contribution in [2.45, 2.75) is 0 Å². The Bertz CT molecular complexity index is 597. The third-order valence-electron chi connectivity index (χ3n) is 2.84. The van der Waals surface area contributed by atoms with Gasteiger partial charge < -0.3 is 33.5 Å². The molecule has 0 bridgehead atoms. The number of methoxy groups -OCH3 is 2. The molecule has 4 heteroatoms. The van der Waals surface area contributed by atoms with Crippen molar-refractivity contribution < 1.29 is 38.0 Å². The number of aromatic nitrogens is 1. The molecule has 0 aliphatic heterocycles. The number of nitrogens with zero attached hydrogens (tertiary/aromatic N) is 1. The maximum atomic E-state index is 5.29. The zero-order valence-corrected chi connectivity index (χ0v) is 14.0. The molecule has 0 saturated heterocycles. The van der Waals surface area contributed by atoms with Crippen molar-refractivity contribution in [2.24, 2.45) is 7.05 Å². The van der Waals surface area contributed by atoms with Crippen LogP contribution in [0.15, 0.2) is 42.7 Å². The van der Waals surface area contributed by atoms with E-state index in [1.807, 2.05) is 42.1 Å². The third-order valence-corrected chi connectivity index (χ3v) is 2.84. The number of benzene rings is 1. The predicted molar refractivity (Wildman–Crippen MR) is 76.1 cm³/mol. The number of halogens is 1. The van der Waals surface area contributed by atoms with Gasteiger partial charge >= 0.3 is 0 Å². The topological polar surface area (TPSA) is 22.3 Å². The molecule has 0 aliphatic carbocycles. The standard InChI is InChI=1S/C16H18NO2.HI/c1-17-10-4-5-14(12-17)7-6-13-8-9-15(18-2)16(11-13)19-3;/h4-12H,1-3H3;1H/q+1;/p-1/b7-6+;. The summed E-state index contributed by atoms with van der Waals surface area (Å²) in [5.74, 6) is 1.48. The van der Waals surface area contributed by atoms with E-state index in [4.69, 9.17) is 9.47 Å².